The van der Waals surface area contributed by atoms with Gasteiger partial charge in [-0.25, -0.2) is 0 Å². The number of ether oxygens (including phenoxy) is 1. The van der Waals surface area contributed by atoms with Crippen LogP contribution in [0.3, 0.4) is 0 Å². The van der Waals surface area contributed by atoms with Crippen LogP contribution in [0.1, 0.15) is 102 Å². The van der Waals surface area contributed by atoms with Crippen molar-refractivity contribution in [1.29, 1.82) is 0 Å². The van der Waals surface area contributed by atoms with Crippen molar-refractivity contribution in [1.82, 2.24) is 0 Å². The second kappa shape index (κ2) is 21.9. The van der Waals surface area contributed by atoms with Crippen LogP contribution in [0, 0.1) is 0 Å². The lowest BCUT2D eigenvalue weighted by atomic mass is 9.83. The lowest BCUT2D eigenvalue weighted by Crippen LogP contribution is -2.18. The summed E-state index contributed by atoms with van der Waals surface area (Å²) in [6.07, 6.45) is 16.4. The summed E-state index contributed by atoms with van der Waals surface area (Å²) in [6.45, 7) is 17.9. The summed E-state index contributed by atoms with van der Waals surface area (Å²) in [6, 6.07) is 81.2. The van der Waals surface area contributed by atoms with E-state index in [9.17, 15) is 0 Å². The molecule has 2 heterocycles. The number of fused-ring (bicyclic) bond motifs is 5. The van der Waals surface area contributed by atoms with E-state index in [0.29, 0.717) is 0 Å². The number of rotatable bonds is 11. The highest BCUT2D eigenvalue weighted by atomic mass is 16.5. The van der Waals surface area contributed by atoms with E-state index in [1.807, 2.05) is 0 Å². The minimum Gasteiger partial charge on any atom is -0.454 e. The number of para-hydroxylation sites is 4. The molecular weight excluding hydrogens is 1080 g/mol. The molecule has 434 valence electrons. The Balaban J connectivity index is 1.01. The summed E-state index contributed by atoms with van der Waals surface area (Å²) < 4.78 is 14.8. The molecular formula is C85H72N2O2. The molecule has 0 spiro atoms. The van der Waals surface area contributed by atoms with Crippen molar-refractivity contribution in [2.75, 3.05) is 9.80 Å². The standard InChI is InChI=1S/C85H72N2O2/c1-9-24-54(10-2)62-48-63(55-25-14-11-15-26-55)51-66(50-62)86(76-37-21-32-61-47-60-31-20-35-72(84(3,4)5)80(60)88-81(61)76)74-45-41-58-40-44-71-75(46-42-59-39-43-70(74)78(58)79(59)71)87(77-38-23-34-69-68-33-22-36-73(85(6,7)8)82(68)89-83(69)77)67-52-64(56-27-16-12-17-28-56)49-65(53-67)57-29-18-13-19-30-57/h9-12,14-18,20-46,48-53H,13,19,47H2,1-8H3/b24-9-,54-10+. The zero-order valence-electron chi connectivity index (χ0n) is 52.1. The first-order valence-electron chi connectivity index (χ1n) is 31.6. The first kappa shape index (κ1) is 55.4. The van der Waals surface area contributed by atoms with Crippen molar-refractivity contribution < 1.29 is 9.15 Å². The van der Waals surface area contributed by atoms with Crippen LogP contribution in [0.5, 0.6) is 11.5 Å². The molecule has 15 rings (SSSR count). The van der Waals surface area contributed by atoms with Gasteiger partial charge in [0.25, 0.3) is 0 Å². The van der Waals surface area contributed by atoms with Gasteiger partial charge in [0, 0.05) is 56.0 Å². The summed E-state index contributed by atoms with van der Waals surface area (Å²) in [5.74, 6) is 1.83. The van der Waals surface area contributed by atoms with E-state index in [1.165, 1.54) is 49.4 Å². The fourth-order valence-electron chi connectivity index (χ4n) is 14.1. The highest BCUT2D eigenvalue weighted by molar-refractivity contribution is 6.28. The predicted molar refractivity (Wildman–Crippen MR) is 379 cm³/mol. The molecule has 4 nitrogen and oxygen atoms in total. The molecule has 0 bridgehead atoms. The molecule has 1 aromatic heterocycles. The van der Waals surface area contributed by atoms with Crippen LogP contribution >= 0.6 is 0 Å². The maximum Gasteiger partial charge on any atom is 0.159 e. The van der Waals surface area contributed by atoms with E-state index in [4.69, 9.17) is 9.15 Å². The second-order valence-corrected chi connectivity index (χ2v) is 26.2. The molecule has 13 aromatic rings. The largest absolute Gasteiger partial charge is 0.454 e. The first-order valence-corrected chi connectivity index (χ1v) is 31.6. The molecule has 4 heteroatoms. The maximum absolute atomic E-state index is 7.47. The van der Waals surface area contributed by atoms with Gasteiger partial charge in [-0.05, 0) is 170 Å². The number of hydrogen-bond acceptors (Lipinski definition) is 4. The van der Waals surface area contributed by atoms with E-state index < -0.39 is 0 Å². The van der Waals surface area contributed by atoms with E-state index in [-0.39, 0.29) is 10.8 Å². The second-order valence-electron chi connectivity index (χ2n) is 26.2. The number of allylic oxidation sites excluding steroid dienone is 8. The Morgan fingerprint density at radius 2 is 0.989 bits per heavy atom. The molecule has 1 aliphatic carbocycles. The topological polar surface area (TPSA) is 28.9 Å². The van der Waals surface area contributed by atoms with Gasteiger partial charge in [0.05, 0.1) is 22.7 Å². The Bertz CT molecular complexity index is 5060. The van der Waals surface area contributed by atoms with E-state index in [0.717, 1.165) is 137 Å². The minimum absolute atomic E-state index is 0.141. The Kier molecular flexibility index (Phi) is 13.6. The molecule has 0 saturated heterocycles. The van der Waals surface area contributed by atoms with Crippen LogP contribution in [0.15, 0.2) is 259 Å². The van der Waals surface area contributed by atoms with Crippen molar-refractivity contribution in [3.63, 3.8) is 0 Å². The van der Waals surface area contributed by atoms with Crippen molar-refractivity contribution in [2.45, 2.75) is 85.5 Å². The molecule has 0 N–H and O–H groups in total. The van der Waals surface area contributed by atoms with Crippen molar-refractivity contribution >= 4 is 99.5 Å². The monoisotopic (exact) mass is 1150 g/mol. The van der Waals surface area contributed by atoms with Gasteiger partial charge in [-0.1, -0.05) is 236 Å². The third-order valence-corrected chi connectivity index (χ3v) is 18.3. The normalized spacial score (nSPS) is 13.6. The predicted octanol–water partition coefficient (Wildman–Crippen LogP) is 24.8. The van der Waals surface area contributed by atoms with Crippen LogP contribution in [0.4, 0.5) is 34.1 Å². The first-order chi connectivity index (χ1) is 43.3. The van der Waals surface area contributed by atoms with Crippen LogP contribution in [-0.2, 0) is 17.3 Å². The number of hydrogen-bond donors (Lipinski definition) is 0. The average Bonchev–Trinajstić information content (AvgIpc) is 1.43. The molecule has 0 fully saturated rings. The highest BCUT2D eigenvalue weighted by Gasteiger charge is 2.32. The SMILES string of the molecule is C/C=C\C(=C/C)c1cc(-c2ccccc2)cc(N(c2cccc3c2Oc2c(cccc2C(C)(C)C)C3)c2ccc3ccc4c(N(c5cc(C6=CCCC=C6)cc(-c6ccccc6)c5)c5cccc6c5oc5c(C(C)(C)C)cccc56)ccc5ccc2c3c54)c1. The van der Waals surface area contributed by atoms with Gasteiger partial charge in [-0.2, -0.15) is 0 Å². The molecule has 2 aliphatic rings. The van der Waals surface area contributed by atoms with Crippen LogP contribution in [0.2, 0.25) is 0 Å². The summed E-state index contributed by atoms with van der Waals surface area (Å²) in [5, 5.41) is 9.22. The highest BCUT2D eigenvalue weighted by Crippen LogP contribution is 2.54. The van der Waals surface area contributed by atoms with Crippen molar-refractivity contribution in [3.8, 4) is 33.8 Å². The quantitative estimate of drug-likeness (QED) is 0.0953. The fraction of sp³-hybridized carbons (Fsp3) is 0.153. The third-order valence-electron chi connectivity index (χ3n) is 18.3. The summed E-state index contributed by atoms with van der Waals surface area (Å²) in [5.41, 5.74) is 21.7. The zero-order valence-corrected chi connectivity index (χ0v) is 52.1. The number of nitrogens with zero attached hydrogens (tertiary/aromatic N) is 2. The summed E-state index contributed by atoms with van der Waals surface area (Å²) in [7, 11) is 0. The smallest absolute Gasteiger partial charge is 0.159 e. The average molecular weight is 1150 g/mol. The minimum atomic E-state index is -0.142. The van der Waals surface area contributed by atoms with Gasteiger partial charge in [0.1, 0.15) is 11.3 Å². The van der Waals surface area contributed by atoms with Gasteiger partial charge >= 0.3 is 0 Å². The molecule has 12 aromatic carbocycles. The van der Waals surface area contributed by atoms with Crippen LogP contribution < -0.4 is 14.5 Å². The number of benzene rings is 12. The molecule has 89 heavy (non-hydrogen) atoms. The van der Waals surface area contributed by atoms with Gasteiger partial charge in [0.2, 0.25) is 0 Å². The van der Waals surface area contributed by atoms with Crippen molar-refractivity contribution in [3.05, 3.63) is 288 Å². The summed E-state index contributed by atoms with van der Waals surface area (Å²) >= 11 is 0. The van der Waals surface area contributed by atoms with E-state index in [2.05, 4.69) is 320 Å². The Morgan fingerprint density at radius 3 is 1.62 bits per heavy atom. The Morgan fingerprint density at radius 1 is 0.438 bits per heavy atom. The third kappa shape index (κ3) is 9.70. The van der Waals surface area contributed by atoms with Gasteiger partial charge in [-0.3, -0.25) is 0 Å². The Hall–Kier alpha value is -10.2. The lowest BCUT2D eigenvalue weighted by molar-refractivity contribution is 0.437. The molecule has 0 saturated carbocycles. The Labute approximate surface area is 523 Å². The van der Waals surface area contributed by atoms with Gasteiger partial charge in [-0.15, -0.1) is 0 Å². The van der Waals surface area contributed by atoms with Crippen molar-refractivity contribution in [2.24, 2.45) is 0 Å². The maximum atomic E-state index is 7.47. The molecule has 0 amide bonds. The molecule has 0 atom stereocenters. The van der Waals surface area contributed by atoms with Crippen LogP contribution in [-0.4, -0.2) is 0 Å². The molecule has 1 aliphatic heterocycles. The fourth-order valence-corrected chi connectivity index (χ4v) is 14.1. The molecule has 0 radical (unpaired) electrons. The lowest BCUT2D eigenvalue weighted by Gasteiger charge is -2.34. The van der Waals surface area contributed by atoms with E-state index >= 15 is 0 Å². The number of furan rings is 1. The zero-order chi connectivity index (χ0) is 60.7. The number of anilines is 6. The molecule has 0 unspecified atom stereocenters. The van der Waals surface area contributed by atoms with Gasteiger partial charge in [0.15, 0.2) is 11.3 Å². The van der Waals surface area contributed by atoms with Crippen LogP contribution in [0.25, 0.3) is 87.7 Å². The summed E-state index contributed by atoms with van der Waals surface area (Å²) in [4.78, 5) is 4.97. The van der Waals surface area contributed by atoms with E-state index in [1.54, 1.807) is 0 Å². The van der Waals surface area contributed by atoms with Gasteiger partial charge < -0.3 is 19.0 Å².